The van der Waals surface area contributed by atoms with Crippen LogP contribution in [-0.2, 0) is 14.3 Å². The number of halogens is 2. The topological polar surface area (TPSA) is 75.6 Å². The van der Waals surface area contributed by atoms with Crippen LogP contribution in [0.15, 0.2) is 35.0 Å². The zero-order valence-electron chi connectivity index (χ0n) is 17.5. The number of carboxylic acid groups (broad SMARTS) is 1. The fraction of sp³-hybridized carbons (Fsp3) is 0.636. The van der Waals surface area contributed by atoms with Gasteiger partial charge in [0, 0.05) is 18.1 Å². The molecule has 5 nitrogen and oxygen atoms in total. The zero-order valence-corrected chi connectivity index (χ0v) is 18.3. The number of hydrogen-bond acceptors (Lipinski definition) is 4. The van der Waals surface area contributed by atoms with Crippen molar-refractivity contribution in [3.63, 3.8) is 0 Å². The molecule has 8 heteroatoms. The molecule has 30 heavy (non-hydrogen) atoms. The third-order valence-electron chi connectivity index (χ3n) is 5.84. The number of amides is 1. The number of allylic oxidation sites excluding steroid dienone is 1. The van der Waals surface area contributed by atoms with Gasteiger partial charge in [-0.2, -0.15) is 0 Å². The molecule has 0 aromatic heterocycles. The third kappa shape index (κ3) is 5.25. The molecule has 0 aromatic rings. The maximum absolute atomic E-state index is 13.4. The van der Waals surface area contributed by atoms with Gasteiger partial charge in [0.1, 0.15) is 11.8 Å². The molecule has 0 spiro atoms. The molecule has 1 aliphatic heterocycles. The van der Waals surface area contributed by atoms with Crippen LogP contribution in [0.1, 0.15) is 46.5 Å². The van der Waals surface area contributed by atoms with Gasteiger partial charge in [0.2, 0.25) is 5.92 Å². The van der Waals surface area contributed by atoms with E-state index in [9.17, 15) is 23.5 Å². The number of ether oxygens (including phenoxy) is 1. The van der Waals surface area contributed by atoms with Crippen LogP contribution in [0.3, 0.4) is 0 Å². The Labute approximate surface area is 180 Å². The largest absolute Gasteiger partial charge is 0.496 e. The SMILES string of the molecule is CC(C)(C)C(NC(=O)C1=C(OCC2CCC(F)(F)CC2)C2C=CSC2C=C1)C(=O)O. The normalized spacial score (nSPS) is 27.0. The van der Waals surface area contributed by atoms with Gasteiger partial charge in [-0.3, -0.25) is 4.79 Å². The highest BCUT2D eigenvalue weighted by molar-refractivity contribution is 8.03. The number of rotatable bonds is 6. The number of alkyl halides is 2. The summed E-state index contributed by atoms with van der Waals surface area (Å²) in [5.74, 6) is -3.80. The van der Waals surface area contributed by atoms with E-state index in [0.29, 0.717) is 24.2 Å². The number of thioether (sulfide) groups is 1. The molecular weight excluding hydrogens is 412 g/mol. The Kier molecular flexibility index (Phi) is 6.65. The van der Waals surface area contributed by atoms with Crippen LogP contribution < -0.4 is 5.32 Å². The quantitative estimate of drug-likeness (QED) is 0.634. The molecule has 1 saturated carbocycles. The maximum Gasteiger partial charge on any atom is 0.326 e. The molecule has 1 fully saturated rings. The first-order valence-electron chi connectivity index (χ1n) is 10.3. The average molecular weight is 442 g/mol. The Bertz CT molecular complexity index is 774. The molecule has 1 amide bonds. The van der Waals surface area contributed by atoms with Crippen molar-refractivity contribution in [2.45, 2.75) is 63.7 Å². The summed E-state index contributed by atoms with van der Waals surface area (Å²) in [5.41, 5.74) is -0.361. The van der Waals surface area contributed by atoms with Crippen molar-refractivity contribution in [3.8, 4) is 0 Å². The van der Waals surface area contributed by atoms with Crippen LogP contribution >= 0.6 is 11.8 Å². The van der Waals surface area contributed by atoms with Gasteiger partial charge < -0.3 is 15.2 Å². The molecule has 2 aliphatic carbocycles. The first kappa shape index (κ1) is 22.8. The molecular formula is C22H29F2NO4S. The molecule has 0 saturated heterocycles. The fourth-order valence-electron chi connectivity index (χ4n) is 3.96. The number of carbonyl (C=O) groups excluding carboxylic acids is 1. The first-order valence-corrected chi connectivity index (χ1v) is 11.2. The van der Waals surface area contributed by atoms with Crippen LogP contribution in [0.2, 0.25) is 0 Å². The van der Waals surface area contributed by atoms with E-state index in [0.717, 1.165) is 0 Å². The lowest BCUT2D eigenvalue weighted by Crippen LogP contribution is -2.49. The van der Waals surface area contributed by atoms with Gasteiger partial charge in [-0.05, 0) is 35.7 Å². The Morgan fingerprint density at radius 3 is 2.57 bits per heavy atom. The zero-order chi connectivity index (χ0) is 22.1. The molecule has 3 atom stereocenters. The van der Waals surface area contributed by atoms with Crippen molar-refractivity contribution in [2.75, 3.05) is 6.61 Å². The van der Waals surface area contributed by atoms with Crippen molar-refractivity contribution >= 4 is 23.6 Å². The number of nitrogens with one attached hydrogen (secondary N) is 1. The van der Waals surface area contributed by atoms with E-state index in [1.165, 1.54) is 0 Å². The predicted octanol–water partition coefficient (Wildman–Crippen LogP) is 4.51. The molecule has 3 aliphatic rings. The van der Waals surface area contributed by atoms with E-state index in [1.54, 1.807) is 38.6 Å². The highest BCUT2D eigenvalue weighted by Gasteiger charge is 2.39. The lowest BCUT2D eigenvalue weighted by molar-refractivity contribution is -0.144. The van der Waals surface area contributed by atoms with Gasteiger partial charge in [-0.25, -0.2) is 13.6 Å². The Hall–Kier alpha value is -1.83. The molecule has 166 valence electrons. The summed E-state index contributed by atoms with van der Waals surface area (Å²) in [4.78, 5) is 24.7. The second-order valence-corrected chi connectivity index (χ2v) is 10.4. The van der Waals surface area contributed by atoms with E-state index in [4.69, 9.17) is 4.74 Å². The summed E-state index contributed by atoms with van der Waals surface area (Å²) >= 11 is 1.62. The van der Waals surface area contributed by atoms with Gasteiger partial charge in [0.05, 0.1) is 18.1 Å². The van der Waals surface area contributed by atoms with Crippen LogP contribution in [0.4, 0.5) is 8.78 Å². The van der Waals surface area contributed by atoms with E-state index >= 15 is 0 Å². The average Bonchev–Trinajstić information content (AvgIpc) is 3.12. The van der Waals surface area contributed by atoms with Gasteiger partial charge in [0.15, 0.2) is 0 Å². The minimum absolute atomic E-state index is 0.0187. The van der Waals surface area contributed by atoms with Crippen molar-refractivity contribution in [3.05, 3.63) is 35.0 Å². The van der Waals surface area contributed by atoms with Crippen molar-refractivity contribution in [1.29, 1.82) is 0 Å². The molecule has 3 unspecified atom stereocenters. The number of carbonyl (C=O) groups is 2. The second kappa shape index (κ2) is 8.73. The third-order valence-corrected chi connectivity index (χ3v) is 6.92. The summed E-state index contributed by atoms with van der Waals surface area (Å²) in [6.45, 7) is 5.53. The van der Waals surface area contributed by atoms with E-state index in [2.05, 4.69) is 5.32 Å². The summed E-state index contributed by atoms with van der Waals surface area (Å²) in [6, 6.07) is -1.06. The van der Waals surface area contributed by atoms with Crippen LogP contribution in [0.5, 0.6) is 0 Å². The number of carboxylic acids is 1. The number of fused-ring (bicyclic) bond motifs is 1. The minimum atomic E-state index is -2.59. The van der Waals surface area contributed by atoms with E-state index in [1.807, 2.05) is 17.6 Å². The molecule has 0 radical (unpaired) electrons. The maximum atomic E-state index is 13.4. The van der Waals surface area contributed by atoms with Crippen molar-refractivity contribution in [2.24, 2.45) is 17.3 Å². The summed E-state index contributed by atoms with van der Waals surface area (Å²) in [6.07, 6.45) is 6.08. The first-order chi connectivity index (χ1) is 14.0. The smallest absolute Gasteiger partial charge is 0.326 e. The molecule has 1 heterocycles. The Morgan fingerprint density at radius 2 is 1.97 bits per heavy atom. The van der Waals surface area contributed by atoms with Crippen molar-refractivity contribution in [1.82, 2.24) is 5.32 Å². The van der Waals surface area contributed by atoms with Crippen LogP contribution in [-0.4, -0.2) is 40.8 Å². The van der Waals surface area contributed by atoms with Gasteiger partial charge in [0.25, 0.3) is 5.91 Å². The highest BCUT2D eigenvalue weighted by Crippen LogP contribution is 2.42. The minimum Gasteiger partial charge on any atom is -0.496 e. The highest BCUT2D eigenvalue weighted by atomic mass is 32.2. The number of hydrogen-bond donors (Lipinski definition) is 2. The van der Waals surface area contributed by atoms with Crippen molar-refractivity contribution < 1.29 is 28.2 Å². The Balaban J connectivity index is 1.77. The lowest BCUT2D eigenvalue weighted by atomic mass is 9.86. The fourth-order valence-corrected chi connectivity index (χ4v) is 4.96. The molecule has 0 aromatic carbocycles. The standard InChI is InChI=1S/C22H29F2NO4S/c1-21(2,3)18(20(27)28)25-19(26)15-4-5-16-14(8-11-30-16)17(15)29-12-13-6-9-22(23,24)10-7-13/h4-5,8,11,13-14,16,18H,6-7,9-10,12H2,1-3H3,(H,25,26)(H,27,28). The van der Waals surface area contributed by atoms with E-state index < -0.39 is 29.3 Å². The molecule has 3 rings (SSSR count). The van der Waals surface area contributed by atoms with Gasteiger partial charge in [-0.15, -0.1) is 11.8 Å². The van der Waals surface area contributed by atoms with Gasteiger partial charge >= 0.3 is 5.97 Å². The summed E-state index contributed by atoms with van der Waals surface area (Å²) in [5, 5.41) is 14.2. The monoisotopic (exact) mass is 441 g/mol. The van der Waals surface area contributed by atoms with Gasteiger partial charge in [-0.1, -0.05) is 32.9 Å². The second-order valence-electron chi connectivity index (χ2n) is 9.31. The van der Waals surface area contributed by atoms with Crippen LogP contribution in [0.25, 0.3) is 0 Å². The number of aliphatic carboxylic acids is 1. The van der Waals surface area contributed by atoms with Crippen LogP contribution in [0, 0.1) is 17.3 Å². The summed E-state index contributed by atoms with van der Waals surface area (Å²) in [7, 11) is 0. The van der Waals surface area contributed by atoms with E-state index in [-0.39, 0.29) is 36.5 Å². The summed E-state index contributed by atoms with van der Waals surface area (Å²) < 4.78 is 32.9. The lowest BCUT2D eigenvalue weighted by Gasteiger charge is -2.32. The molecule has 2 N–H and O–H groups in total. The predicted molar refractivity (Wildman–Crippen MR) is 112 cm³/mol. The Morgan fingerprint density at radius 1 is 1.30 bits per heavy atom. The molecule has 0 bridgehead atoms.